The Labute approximate surface area is 68.6 Å². The first kappa shape index (κ1) is 7.24. The number of rotatable bonds is 1. The average molecular weight is 165 g/mol. The number of imidazole rings is 1. The summed E-state index contributed by atoms with van der Waals surface area (Å²) >= 11 is 0. The van der Waals surface area contributed by atoms with Crippen LogP contribution in [0.2, 0.25) is 0 Å². The monoisotopic (exact) mass is 165 g/mol. The molecular formula is C8H8FN3. The van der Waals surface area contributed by atoms with Gasteiger partial charge in [0.25, 0.3) is 0 Å². The van der Waals surface area contributed by atoms with Crippen molar-refractivity contribution in [3.05, 3.63) is 36.0 Å². The fourth-order valence-electron chi connectivity index (χ4n) is 1.13. The van der Waals surface area contributed by atoms with Gasteiger partial charge in [-0.15, -0.1) is 0 Å². The van der Waals surface area contributed by atoms with Crippen LogP contribution in [0.15, 0.2) is 24.5 Å². The fourth-order valence-corrected chi connectivity index (χ4v) is 1.13. The van der Waals surface area contributed by atoms with Crippen LogP contribution in [0, 0.1) is 5.82 Å². The SMILES string of the molecule is NCc1cn2cccc(F)c2n1. The van der Waals surface area contributed by atoms with E-state index in [1.165, 1.54) is 6.07 Å². The van der Waals surface area contributed by atoms with E-state index in [1.807, 2.05) is 0 Å². The Bertz CT molecular complexity index is 408. The van der Waals surface area contributed by atoms with E-state index in [9.17, 15) is 4.39 Å². The molecule has 0 fully saturated rings. The maximum atomic E-state index is 13.0. The van der Waals surface area contributed by atoms with Crippen molar-refractivity contribution >= 4 is 5.65 Å². The zero-order valence-electron chi connectivity index (χ0n) is 6.37. The molecule has 0 spiro atoms. The molecule has 2 aromatic heterocycles. The van der Waals surface area contributed by atoms with Gasteiger partial charge in [-0.05, 0) is 12.1 Å². The van der Waals surface area contributed by atoms with Gasteiger partial charge in [0.2, 0.25) is 0 Å². The summed E-state index contributed by atoms with van der Waals surface area (Å²) in [5, 5.41) is 0. The van der Waals surface area contributed by atoms with Gasteiger partial charge in [-0.1, -0.05) is 0 Å². The number of hydrogen-bond donors (Lipinski definition) is 1. The number of fused-ring (bicyclic) bond motifs is 1. The fraction of sp³-hybridized carbons (Fsp3) is 0.125. The highest BCUT2D eigenvalue weighted by atomic mass is 19.1. The molecule has 0 unspecified atom stereocenters. The predicted molar refractivity (Wildman–Crippen MR) is 43.0 cm³/mol. The Morgan fingerprint density at radius 1 is 1.58 bits per heavy atom. The molecule has 2 rings (SSSR count). The molecule has 0 amide bonds. The van der Waals surface area contributed by atoms with Gasteiger partial charge in [-0.2, -0.15) is 0 Å². The summed E-state index contributed by atoms with van der Waals surface area (Å²) in [7, 11) is 0. The standard InChI is InChI=1S/C8H8FN3/c9-7-2-1-3-12-5-6(4-10)11-8(7)12/h1-3,5H,4,10H2. The number of aromatic nitrogens is 2. The van der Waals surface area contributed by atoms with E-state index < -0.39 is 0 Å². The molecule has 12 heavy (non-hydrogen) atoms. The van der Waals surface area contributed by atoms with Gasteiger partial charge < -0.3 is 10.1 Å². The van der Waals surface area contributed by atoms with Crippen molar-refractivity contribution in [2.24, 2.45) is 5.73 Å². The largest absolute Gasteiger partial charge is 0.325 e. The van der Waals surface area contributed by atoms with Crippen LogP contribution in [-0.4, -0.2) is 9.38 Å². The lowest BCUT2D eigenvalue weighted by Gasteiger charge is -1.90. The molecule has 4 heteroatoms. The van der Waals surface area contributed by atoms with Gasteiger partial charge in [0.05, 0.1) is 5.69 Å². The Morgan fingerprint density at radius 2 is 2.42 bits per heavy atom. The van der Waals surface area contributed by atoms with Crippen LogP contribution >= 0.6 is 0 Å². The molecule has 3 nitrogen and oxygen atoms in total. The van der Waals surface area contributed by atoms with Crippen LogP contribution in [0.25, 0.3) is 5.65 Å². The molecule has 0 atom stereocenters. The smallest absolute Gasteiger partial charge is 0.173 e. The third-order valence-corrected chi connectivity index (χ3v) is 1.69. The minimum Gasteiger partial charge on any atom is -0.325 e. The lowest BCUT2D eigenvalue weighted by molar-refractivity contribution is 0.630. The number of pyridine rings is 1. The first-order chi connectivity index (χ1) is 5.81. The number of nitrogens with zero attached hydrogens (tertiary/aromatic N) is 2. The summed E-state index contributed by atoms with van der Waals surface area (Å²) in [6, 6.07) is 3.01. The summed E-state index contributed by atoms with van der Waals surface area (Å²) in [5.74, 6) is -0.322. The minimum atomic E-state index is -0.322. The minimum absolute atomic E-state index is 0.322. The predicted octanol–water partition coefficient (Wildman–Crippen LogP) is 0.932. The zero-order chi connectivity index (χ0) is 8.55. The van der Waals surface area contributed by atoms with Crippen molar-refractivity contribution in [2.45, 2.75) is 6.54 Å². The Hall–Kier alpha value is -1.42. The van der Waals surface area contributed by atoms with Gasteiger partial charge in [0.15, 0.2) is 11.5 Å². The third kappa shape index (κ3) is 0.967. The second-order valence-electron chi connectivity index (χ2n) is 2.52. The molecule has 0 radical (unpaired) electrons. The number of halogens is 1. The van der Waals surface area contributed by atoms with Crippen molar-refractivity contribution in [3.63, 3.8) is 0 Å². The van der Waals surface area contributed by atoms with Crippen molar-refractivity contribution < 1.29 is 4.39 Å². The van der Waals surface area contributed by atoms with Gasteiger partial charge in [-0.3, -0.25) is 0 Å². The van der Waals surface area contributed by atoms with Crippen molar-refractivity contribution in [1.29, 1.82) is 0 Å². The molecule has 2 aromatic rings. The molecule has 0 bridgehead atoms. The normalized spacial score (nSPS) is 10.8. The zero-order valence-corrected chi connectivity index (χ0v) is 6.37. The van der Waals surface area contributed by atoms with Gasteiger partial charge in [-0.25, -0.2) is 9.37 Å². The van der Waals surface area contributed by atoms with Crippen LogP contribution in [-0.2, 0) is 6.54 Å². The first-order valence-electron chi connectivity index (χ1n) is 3.63. The second-order valence-corrected chi connectivity index (χ2v) is 2.52. The number of nitrogens with two attached hydrogens (primary N) is 1. The molecular weight excluding hydrogens is 157 g/mol. The van der Waals surface area contributed by atoms with E-state index in [2.05, 4.69) is 4.98 Å². The Kier molecular flexibility index (Phi) is 1.55. The highest BCUT2D eigenvalue weighted by molar-refractivity contribution is 5.41. The van der Waals surface area contributed by atoms with E-state index in [-0.39, 0.29) is 5.82 Å². The Balaban J connectivity index is 2.74. The van der Waals surface area contributed by atoms with Crippen LogP contribution in [0.3, 0.4) is 0 Å². The molecule has 2 heterocycles. The van der Waals surface area contributed by atoms with E-state index in [0.717, 1.165) is 0 Å². The molecule has 62 valence electrons. The van der Waals surface area contributed by atoms with Crippen molar-refractivity contribution in [3.8, 4) is 0 Å². The Morgan fingerprint density at radius 3 is 3.08 bits per heavy atom. The molecule has 0 aromatic carbocycles. The molecule has 0 saturated heterocycles. The van der Waals surface area contributed by atoms with Crippen molar-refractivity contribution in [1.82, 2.24) is 9.38 Å². The molecule has 0 aliphatic heterocycles. The molecule has 0 aliphatic rings. The summed E-state index contributed by atoms with van der Waals surface area (Å²) in [6.07, 6.45) is 3.46. The van der Waals surface area contributed by atoms with Crippen molar-refractivity contribution in [2.75, 3.05) is 0 Å². The molecule has 2 N–H and O–H groups in total. The second kappa shape index (κ2) is 2.57. The first-order valence-corrected chi connectivity index (χ1v) is 3.63. The third-order valence-electron chi connectivity index (χ3n) is 1.69. The van der Waals surface area contributed by atoms with Crippen LogP contribution in [0.4, 0.5) is 4.39 Å². The lowest BCUT2D eigenvalue weighted by Crippen LogP contribution is -1.95. The summed E-state index contributed by atoms with van der Waals surface area (Å²) in [4.78, 5) is 3.99. The quantitative estimate of drug-likeness (QED) is 0.683. The van der Waals surface area contributed by atoms with E-state index in [1.54, 1.807) is 22.9 Å². The number of hydrogen-bond acceptors (Lipinski definition) is 2. The van der Waals surface area contributed by atoms with Crippen LogP contribution in [0.1, 0.15) is 5.69 Å². The highest BCUT2D eigenvalue weighted by Gasteiger charge is 2.03. The molecule has 0 saturated carbocycles. The van der Waals surface area contributed by atoms with Crippen LogP contribution in [0.5, 0.6) is 0 Å². The topological polar surface area (TPSA) is 43.3 Å². The summed E-state index contributed by atoms with van der Waals surface area (Å²) < 4.78 is 14.6. The highest BCUT2D eigenvalue weighted by Crippen LogP contribution is 2.08. The van der Waals surface area contributed by atoms with Gasteiger partial charge in [0.1, 0.15) is 0 Å². The average Bonchev–Trinajstić information content (AvgIpc) is 2.49. The van der Waals surface area contributed by atoms with E-state index in [0.29, 0.717) is 17.9 Å². The maximum absolute atomic E-state index is 13.0. The van der Waals surface area contributed by atoms with E-state index >= 15 is 0 Å². The van der Waals surface area contributed by atoms with Gasteiger partial charge in [0, 0.05) is 18.9 Å². The molecule has 0 aliphatic carbocycles. The summed E-state index contributed by atoms with van der Waals surface area (Å²) in [6.45, 7) is 0.334. The van der Waals surface area contributed by atoms with E-state index in [4.69, 9.17) is 5.73 Å². The van der Waals surface area contributed by atoms with Gasteiger partial charge >= 0.3 is 0 Å². The lowest BCUT2D eigenvalue weighted by atomic mass is 10.4. The maximum Gasteiger partial charge on any atom is 0.173 e. The summed E-state index contributed by atoms with van der Waals surface area (Å²) in [5.41, 5.74) is 6.39. The van der Waals surface area contributed by atoms with Crippen LogP contribution < -0.4 is 5.73 Å².